The topological polar surface area (TPSA) is 60.0 Å². The van der Waals surface area contributed by atoms with Gasteiger partial charge in [0.1, 0.15) is 6.61 Å². The van der Waals surface area contributed by atoms with Crippen molar-refractivity contribution in [2.45, 2.75) is 19.6 Å². The van der Waals surface area contributed by atoms with Crippen LogP contribution in [0.5, 0.6) is 11.5 Å². The van der Waals surface area contributed by atoms with Crippen LogP contribution in [0.1, 0.15) is 17.5 Å². The molecule has 7 heteroatoms. The number of benzene rings is 2. The average molecular weight is 463 g/mol. The normalized spacial score (nSPS) is 13.9. The van der Waals surface area contributed by atoms with Crippen molar-refractivity contribution in [3.05, 3.63) is 58.1 Å². The van der Waals surface area contributed by atoms with E-state index in [-0.39, 0.29) is 5.91 Å². The number of rotatable bonds is 9. The molecule has 2 aromatic carbocycles. The minimum Gasteiger partial charge on any atom is -0.493 e. The van der Waals surface area contributed by atoms with Gasteiger partial charge >= 0.3 is 0 Å². The molecule has 0 saturated carbocycles. The summed E-state index contributed by atoms with van der Waals surface area (Å²) in [4.78, 5) is 14.0. The Morgan fingerprint density at radius 3 is 2.55 bits per heavy atom. The molecule has 1 saturated heterocycles. The fourth-order valence-corrected chi connectivity index (χ4v) is 3.35. The van der Waals surface area contributed by atoms with E-state index >= 15 is 0 Å². The lowest BCUT2D eigenvalue weighted by Crippen LogP contribution is -2.41. The maximum Gasteiger partial charge on any atom is 0.224 e. The summed E-state index contributed by atoms with van der Waals surface area (Å²) in [7, 11) is 1.64. The van der Waals surface area contributed by atoms with Gasteiger partial charge in [-0.25, -0.2) is 0 Å². The van der Waals surface area contributed by atoms with Crippen molar-refractivity contribution >= 4 is 21.8 Å². The summed E-state index contributed by atoms with van der Waals surface area (Å²) in [5, 5.41) is 3.33. The molecule has 0 spiro atoms. The van der Waals surface area contributed by atoms with Crippen molar-refractivity contribution in [2.24, 2.45) is 0 Å². The molecule has 0 aliphatic carbocycles. The highest BCUT2D eigenvalue weighted by molar-refractivity contribution is 9.10. The van der Waals surface area contributed by atoms with E-state index in [1.165, 1.54) is 0 Å². The third kappa shape index (κ3) is 6.73. The fourth-order valence-electron chi connectivity index (χ4n) is 3.08. The summed E-state index contributed by atoms with van der Waals surface area (Å²) in [6, 6.07) is 13.9. The van der Waals surface area contributed by atoms with Gasteiger partial charge in [0.15, 0.2) is 11.5 Å². The Balaban J connectivity index is 1.45. The number of nitrogens with one attached hydrogen (secondary N) is 1. The zero-order chi connectivity index (χ0) is 20.5. The first-order valence-corrected chi connectivity index (χ1v) is 10.6. The number of morpholine rings is 1. The number of halogens is 1. The molecule has 0 aromatic heterocycles. The quantitative estimate of drug-likeness (QED) is 0.578. The number of carbonyl (C=O) groups is 1. The molecular formula is C22H27BrN2O4. The first-order chi connectivity index (χ1) is 14.2. The molecule has 1 N–H and O–H groups in total. The molecule has 6 nitrogen and oxygen atoms in total. The van der Waals surface area contributed by atoms with Crippen molar-refractivity contribution in [3.8, 4) is 11.5 Å². The molecule has 3 rings (SSSR count). The van der Waals surface area contributed by atoms with Crippen LogP contribution in [0.2, 0.25) is 0 Å². The van der Waals surface area contributed by atoms with Crippen molar-refractivity contribution in [2.75, 3.05) is 40.0 Å². The lowest BCUT2D eigenvalue weighted by Gasteiger charge is -2.26. The molecule has 1 heterocycles. The maximum atomic E-state index is 12.2. The number of carbonyl (C=O) groups excluding carboxylic acids is 1. The number of ether oxygens (including phenoxy) is 3. The highest BCUT2D eigenvalue weighted by Gasteiger charge is 2.16. The Bertz CT molecular complexity index is 792. The lowest BCUT2D eigenvalue weighted by molar-refractivity contribution is -0.135. The molecule has 0 atom stereocenters. The van der Waals surface area contributed by atoms with E-state index in [0.717, 1.165) is 15.6 Å². The van der Waals surface area contributed by atoms with Gasteiger partial charge in [-0.05, 0) is 35.4 Å². The van der Waals surface area contributed by atoms with Gasteiger partial charge in [0.25, 0.3) is 0 Å². The number of nitrogens with zero attached hydrogens (tertiary/aromatic N) is 1. The van der Waals surface area contributed by atoms with Gasteiger partial charge in [-0.2, -0.15) is 0 Å². The molecule has 156 valence electrons. The van der Waals surface area contributed by atoms with Gasteiger partial charge < -0.3 is 24.4 Å². The maximum absolute atomic E-state index is 12.2. The zero-order valence-electron chi connectivity index (χ0n) is 16.7. The highest BCUT2D eigenvalue weighted by Crippen LogP contribution is 2.29. The molecule has 0 radical (unpaired) electrons. The third-order valence-electron chi connectivity index (χ3n) is 4.74. The smallest absolute Gasteiger partial charge is 0.224 e. The second-order valence-corrected chi connectivity index (χ2v) is 7.74. The van der Waals surface area contributed by atoms with Crippen LogP contribution >= 0.6 is 15.9 Å². The first kappa shape index (κ1) is 21.6. The van der Waals surface area contributed by atoms with Gasteiger partial charge in [-0.1, -0.05) is 34.1 Å². The van der Waals surface area contributed by atoms with Crippen molar-refractivity contribution in [1.29, 1.82) is 0 Å². The first-order valence-electron chi connectivity index (χ1n) is 9.76. The van der Waals surface area contributed by atoms with Gasteiger partial charge in [0.2, 0.25) is 5.91 Å². The van der Waals surface area contributed by atoms with E-state index < -0.39 is 0 Å². The number of hydrogen-bond donors (Lipinski definition) is 1. The third-order valence-corrected chi connectivity index (χ3v) is 5.27. The predicted octanol–water partition coefficient (Wildman–Crippen LogP) is 3.38. The minimum atomic E-state index is 0.176. The number of methoxy groups -OCH3 is 1. The molecule has 1 aliphatic heterocycles. The summed E-state index contributed by atoms with van der Waals surface area (Å²) in [6.45, 7) is 4.44. The van der Waals surface area contributed by atoms with Crippen LogP contribution in [0.25, 0.3) is 0 Å². The Morgan fingerprint density at radius 2 is 1.83 bits per heavy atom. The summed E-state index contributed by atoms with van der Waals surface area (Å²) in [5.41, 5.74) is 2.17. The van der Waals surface area contributed by atoms with Crippen LogP contribution in [0.3, 0.4) is 0 Å². The molecule has 2 aromatic rings. The molecule has 1 fully saturated rings. The molecule has 1 aliphatic rings. The van der Waals surface area contributed by atoms with Crippen LogP contribution in [-0.4, -0.2) is 50.8 Å². The average Bonchev–Trinajstić information content (AvgIpc) is 2.77. The second kappa shape index (κ2) is 11.2. The Morgan fingerprint density at radius 1 is 1.10 bits per heavy atom. The number of hydrogen-bond acceptors (Lipinski definition) is 5. The van der Waals surface area contributed by atoms with Crippen LogP contribution in [0, 0.1) is 0 Å². The lowest BCUT2D eigenvalue weighted by atomic mass is 10.2. The molecular weight excluding hydrogens is 436 g/mol. The minimum absolute atomic E-state index is 0.176. The van der Waals surface area contributed by atoms with E-state index in [1.807, 2.05) is 47.4 Å². The summed E-state index contributed by atoms with van der Waals surface area (Å²) < 4.78 is 17.7. The van der Waals surface area contributed by atoms with E-state index in [9.17, 15) is 4.79 Å². The SMILES string of the molecule is COc1cc(CNCCC(=O)N2CCOCC2)ccc1OCc1ccc(Br)cc1. The van der Waals surface area contributed by atoms with Gasteiger partial charge in [0.05, 0.1) is 20.3 Å². The van der Waals surface area contributed by atoms with Crippen molar-refractivity contribution < 1.29 is 19.0 Å². The van der Waals surface area contributed by atoms with Gasteiger partial charge in [-0.3, -0.25) is 4.79 Å². The monoisotopic (exact) mass is 462 g/mol. The molecule has 0 bridgehead atoms. The Kier molecular flexibility index (Phi) is 8.34. The van der Waals surface area contributed by atoms with Crippen molar-refractivity contribution in [1.82, 2.24) is 10.2 Å². The largest absolute Gasteiger partial charge is 0.493 e. The van der Waals surface area contributed by atoms with E-state index in [2.05, 4.69) is 21.2 Å². The van der Waals surface area contributed by atoms with Gasteiger partial charge in [-0.15, -0.1) is 0 Å². The van der Waals surface area contributed by atoms with E-state index in [0.29, 0.717) is 63.9 Å². The van der Waals surface area contributed by atoms with Crippen LogP contribution in [0.15, 0.2) is 46.9 Å². The van der Waals surface area contributed by atoms with Crippen LogP contribution in [-0.2, 0) is 22.7 Å². The van der Waals surface area contributed by atoms with Crippen LogP contribution in [0.4, 0.5) is 0 Å². The Hall–Kier alpha value is -2.09. The van der Waals surface area contributed by atoms with Gasteiger partial charge in [0, 0.05) is 37.1 Å². The van der Waals surface area contributed by atoms with E-state index in [1.54, 1.807) is 7.11 Å². The van der Waals surface area contributed by atoms with E-state index in [4.69, 9.17) is 14.2 Å². The van der Waals surface area contributed by atoms with Crippen molar-refractivity contribution in [3.63, 3.8) is 0 Å². The van der Waals surface area contributed by atoms with Crippen LogP contribution < -0.4 is 14.8 Å². The predicted molar refractivity (Wildman–Crippen MR) is 115 cm³/mol. The fraction of sp³-hybridized carbons (Fsp3) is 0.409. The second-order valence-electron chi connectivity index (χ2n) is 6.82. The zero-order valence-corrected chi connectivity index (χ0v) is 18.2. The molecule has 0 unspecified atom stereocenters. The highest BCUT2D eigenvalue weighted by atomic mass is 79.9. The Labute approximate surface area is 180 Å². The molecule has 29 heavy (non-hydrogen) atoms. The summed E-state index contributed by atoms with van der Waals surface area (Å²) in [5.74, 6) is 1.59. The summed E-state index contributed by atoms with van der Waals surface area (Å²) in [6.07, 6.45) is 0.492. The number of amides is 1. The summed E-state index contributed by atoms with van der Waals surface area (Å²) >= 11 is 3.43. The molecule has 1 amide bonds. The standard InChI is InChI=1S/C22H27BrN2O4/c1-27-21-14-18(15-24-9-8-22(26)25-10-12-28-13-11-25)4-7-20(21)29-16-17-2-5-19(23)6-3-17/h2-7,14,24H,8-13,15-16H2,1H3.